The number of ether oxygens (including phenoxy) is 2. The number of hydrogen-bond donors (Lipinski definition) is 1. The first-order valence-corrected chi connectivity index (χ1v) is 15.1. The number of benzene rings is 2. The number of fused-ring (bicyclic) bond motifs is 5. The van der Waals surface area contributed by atoms with E-state index >= 15 is 0 Å². The summed E-state index contributed by atoms with van der Waals surface area (Å²) >= 11 is 1.34. The Bertz CT molecular complexity index is 1580. The Hall–Kier alpha value is -3.65. The summed E-state index contributed by atoms with van der Waals surface area (Å²) in [6.07, 6.45) is 6.17. The molecule has 4 aromatic rings. The molecule has 0 spiro atoms. The van der Waals surface area contributed by atoms with Crippen molar-refractivity contribution < 1.29 is 19.1 Å². The van der Waals surface area contributed by atoms with Crippen molar-refractivity contribution in [2.24, 2.45) is 0 Å². The molecule has 0 radical (unpaired) electrons. The lowest BCUT2D eigenvalue weighted by atomic mass is 9.81. The average molecular weight is 558 g/mol. The maximum Gasteiger partial charge on any atom is 0.357 e. The first-order valence-electron chi connectivity index (χ1n) is 14.2. The number of para-hydroxylation sites is 1. The molecule has 7 nitrogen and oxygen atoms in total. The molecule has 3 heterocycles. The molecular formula is C32H35N3O4S. The van der Waals surface area contributed by atoms with Gasteiger partial charge in [-0.2, -0.15) is 0 Å². The van der Waals surface area contributed by atoms with E-state index in [4.69, 9.17) is 9.47 Å². The van der Waals surface area contributed by atoms with Crippen LogP contribution in [-0.2, 0) is 16.8 Å². The van der Waals surface area contributed by atoms with Gasteiger partial charge in [0.25, 0.3) is 5.91 Å². The zero-order valence-electron chi connectivity index (χ0n) is 23.3. The highest BCUT2D eigenvalue weighted by molar-refractivity contribution is 7.10. The summed E-state index contributed by atoms with van der Waals surface area (Å²) in [5, 5.41) is 6.69. The van der Waals surface area contributed by atoms with Gasteiger partial charge in [0.05, 0.1) is 24.4 Å². The van der Waals surface area contributed by atoms with Gasteiger partial charge in [-0.25, -0.2) is 9.78 Å². The molecule has 40 heavy (non-hydrogen) atoms. The minimum atomic E-state index is -0.766. The zero-order valence-corrected chi connectivity index (χ0v) is 24.1. The second-order valence-electron chi connectivity index (χ2n) is 11.2. The van der Waals surface area contributed by atoms with E-state index in [9.17, 15) is 9.59 Å². The molecule has 1 aliphatic carbocycles. The number of nitrogens with one attached hydrogen (secondary N) is 1. The van der Waals surface area contributed by atoms with Gasteiger partial charge < -0.3 is 19.4 Å². The first kappa shape index (κ1) is 26.6. The predicted octanol–water partition coefficient (Wildman–Crippen LogP) is 7.05. The smallest absolute Gasteiger partial charge is 0.357 e. The minimum absolute atomic E-state index is 0.181. The quantitative estimate of drug-likeness (QED) is 0.257. The Labute approximate surface area is 238 Å². The fourth-order valence-electron chi connectivity index (χ4n) is 6.15. The molecule has 0 unspecified atom stereocenters. The van der Waals surface area contributed by atoms with Crippen LogP contribution < -0.4 is 10.1 Å². The fourth-order valence-corrected chi connectivity index (χ4v) is 7.02. The lowest BCUT2D eigenvalue weighted by Gasteiger charge is -2.24. The summed E-state index contributed by atoms with van der Waals surface area (Å²) in [5.74, 6) is 0.785. The van der Waals surface area contributed by atoms with Crippen LogP contribution in [0.1, 0.15) is 90.2 Å². The molecule has 2 aliphatic rings. The van der Waals surface area contributed by atoms with Crippen molar-refractivity contribution in [2.75, 3.05) is 13.2 Å². The molecular weight excluding hydrogens is 522 g/mol. The van der Waals surface area contributed by atoms with Gasteiger partial charge in [-0.1, -0.05) is 37.5 Å². The molecule has 0 bridgehead atoms. The van der Waals surface area contributed by atoms with E-state index < -0.39 is 11.5 Å². The molecule has 2 aromatic carbocycles. The lowest BCUT2D eigenvalue weighted by molar-refractivity contribution is 0.0520. The van der Waals surface area contributed by atoms with Crippen LogP contribution in [0.3, 0.4) is 0 Å². The van der Waals surface area contributed by atoms with Gasteiger partial charge in [-0.3, -0.25) is 4.79 Å². The fraction of sp³-hybridized carbons (Fsp3) is 0.406. The van der Waals surface area contributed by atoms with Crippen molar-refractivity contribution in [2.45, 2.75) is 70.9 Å². The number of esters is 1. The Morgan fingerprint density at radius 1 is 1.15 bits per heavy atom. The Balaban J connectivity index is 1.38. The van der Waals surface area contributed by atoms with Crippen molar-refractivity contribution >= 4 is 34.1 Å². The topological polar surface area (TPSA) is 82.5 Å². The van der Waals surface area contributed by atoms with Crippen molar-refractivity contribution in [1.29, 1.82) is 0 Å². The number of amides is 1. The van der Waals surface area contributed by atoms with Gasteiger partial charge in [0.1, 0.15) is 17.4 Å². The third-order valence-electron chi connectivity index (χ3n) is 8.04. The van der Waals surface area contributed by atoms with Gasteiger partial charge in [0.2, 0.25) is 0 Å². The van der Waals surface area contributed by atoms with Gasteiger partial charge in [-0.05, 0) is 69.4 Å². The number of nitrogens with zero attached hydrogens (tertiary/aromatic N) is 2. The van der Waals surface area contributed by atoms with Gasteiger partial charge >= 0.3 is 5.97 Å². The van der Waals surface area contributed by atoms with E-state index in [1.807, 2.05) is 32.0 Å². The Morgan fingerprint density at radius 2 is 1.95 bits per heavy atom. The molecule has 208 valence electrons. The summed E-state index contributed by atoms with van der Waals surface area (Å²) in [6, 6.07) is 14.4. The van der Waals surface area contributed by atoms with Gasteiger partial charge in [0.15, 0.2) is 5.69 Å². The molecule has 1 fully saturated rings. The molecule has 1 N–H and O–H groups in total. The molecule has 0 atom stereocenters. The predicted molar refractivity (Wildman–Crippen MR) is 157 cm³/mol. The van der Waals surface area contributed by atoms with Crippen LogP contribution in [0.2, 0.25) is 0 Å². The van der Waals surface area contributed by atoms with Gasteiger partial charge in [-0.15, -0.1) is 11.3 Å². The maximum atomic E-state index is 13.6. The number of rotatable bonds is 6. The molecule has 6 rings (SSSR count). The normalized spacial score (nSPS) is 15.6. The summed E-state index contributed by atoms with van der Waals surface area (Å²) < 4.78 is 13.6. The van der Waals surface area contributed by atoms with Crippen LogP contribution in [0.15, 0.2) is 47.8 Å². The summed E-state index contributed by atoms with van der Waals surface area (Å²) in [4.78, 5) is 30.2. The van der Waals surface area contributed by atoms with E-state index in [-0.39, 0.29) is 18.2 Å². The van der Waals surface area contributed by atoms with E-state index in [0.29, 0.717) is 23.1 Å². The molecule has 0 saturated heterocycles. The van der Waals surface area contributed by atoms with Crippen LogP contribution in [0, 0.1) is 0 Å². The summed E-state index contributed by atoms with van der Waals surface area (Å²) in [5.41, 5.74) is 4.93. The largest absolute Gasteiger partial charge is 0.491 e. The maximum absolute atomic E-state index is 13.6. The van der Waals surface area contributed by atoms with Crippen LogP contribution >= 0.6 is 11.3 Å². The van der Waals surface area contributed by atoms with E-state index in [1.165, 1.54) is 60.1 Å². The highest BCUT2D eigenvalue weighted by Gasteiger charge is 2.31. The van der Waals surface area contributed by atoms with Gasteiger partial charge in [0, 0.05) is 27.4 Å². The number of hydrogen-bond acceptors (Lipinski definition) is 6. The van der Waals surface area contributed by atoms with Crippen molar-refractivity contribution in [3.63, 3.8) is 0 Å². The van der Waals surface area contributed by atoms with Crippen LogP contribution in [0.5, 0.6) is 5.75 Å². The van der Waals surface area contributed by atoms with Crippen molar-refractivity contribution in [3.8, 4) is 17.0 Å². The van der Waals surface area contributed by atoms with Crippen LogP contribution in [0.25, 0.3) is 22.2 Å². The minimum Gasteiger partial charge on any atom is -0.491 e. The van der Waals surface area contributed by atoms with Crippen molar-refractivity contribution in [3.05, 3.63) is 69.7 Å². The van der Waals surface area contributed by atoms with E-state index in [2.05, 4.69) is 39.1 Å². The SMILES string of the molecule is CCOC(=O)c1csc(C(C)(C)NC(=O)c2ccc3c(C4CCCCC4)c4n(c3c2)CCOc2ccccc2-4)n1. The molecule has 2 aromatic heterocycles. The average Bonchev–Trinajstić information content (AvgIpc) is 3.53. The molecule has 1 saturated carbocycles. The Kier molecular flexibility index (Phi) is 7.13. The molecule has 8 heteroatoms. The third-order valence-corrected chi connectivity index (χ3v) is 9.21. The summed E-state index contributed by atoms with van der Waals surface area (Å²) in [6.45, 7) is 7.15. The number of aromatic nitrogens is 2. The third kappa shape index (κ3) is 4.79. The lowest BCUT2D eigenvalue weighted by Crippen LogP contribution is -2.41. The molecule has 1 aliphatic heterocycles. The van der Waals surface area contributed by atoms with Crippen LogP contribution in [-0.4, -0.2) is 34.6 Å². The Morgan fingerprint density at radius 3 is 2.75 bits per heavy atom. The van der Waals surface area contributed by atoms with Crippen LogP contribution in [0.4, 0.5) is 0 Å². The van der Waals surface area contributed by atoms with E-state index in [0.717, 1.165) is 23.4 Å². The first-order chi connectivity index (χ1) is 19.4. The van der Waals surface area contributed by atoms with E-state index in [1.54, 1.807) is 12.3 Å². The highest BCUT2D eigenvalue weighted by Crippen LogP contribution is 2.47. The zero-order chi connectivity index (χ0) is 27.9. The monoisotopic (exact) mass is 557 g/mol. The second-order valence-corrected chi connectivity index (χ2v) is 12.0. The highest BCUT2D eigenvalue weighted by atomic mass is 32.1. The number of carbonyl (C=O) groups excluding carboxylic acids is 2. The number of carbonyl (C=O) groups is 2. The molecule has 1 amide bonds. The number of thiazole rings is 1. The second kappa shape index (κ2) is 10.7. The van der Waals surface area contributed by atoms with Crippen molar-refractivity contribution in [1.82, 2.24) is 14.9 Å². The summed E-state index contributed by atoms with van der Waals surface area (Å²) in [7, 11) is 0. The standard InChI is InChI=1S/C32H35N3O4S/c1-4-38-30(37)24-19-40-31(33-24)32(2,3)34-29(36)21-14-15-22-25(18-21)35-16-17-39-26-13-9-8-12-23(26)28(35)27(22)20-10-6-5-7-11-20/h8-9,12-15,18-20H,4-7,10-11,16-17H2,1-3H3,(H,34,36).